The zero-order valence-corrected chi connectivity index (χ0v) is 17.4. The van der Waals surface area contributed by atoms with Crippen molar-refractivity contribution in [1.29, 1.82) is 0 Å². The standard InChI is InChI=1S/C29H25NO/c1-2-13-28(25-18-12-21-27(22-25)31-26-19-10-5-11-20-26)30-29(23-14-6-3-7-15-23)24-16-8-4-9-17-24/h2-12,14-22,28H,1,13H2. The third kappa shape index (κ3) is 5.37. The van der Waals surface area contributed by atoms with Crippen LogP contribution < -0.4 is 4.74 Å². The highest BCUT2D eigenvalue weighted by atomic mass is 16.5. The van der Waals surface area contributed by atoms with E-state index in [2.05, 4.69) is 43.0 Å². The molecule has 4 rings (SSSR count). The summed E-state index contributed by atoms with van der Waals surface area (Å²) in [4.78, 5) is 5.21. The van der Waals surface area contributed by atoms with Crippen LogP contribution in [0.2, 0.25) is 0 Å². The molecule has 0 heterocycles. The lowest BCUT2D eigenvalue weighted by Gasteiger charge is -2.16. The highest BCUT2D eigenvalue weighted by Crippen LogP contribution is 2.29. The Bertz CT molecular complexity index is 1090. The van der Waals surface area contributed by atoms with Crippen LogP contribution >= 0.6 is 0 Å². The predicted molar refractivity (Wildman–Crippen MR) is 129 cm³/mol. The van der Waals surface area contributed by atoms with E-state index < -0.39 is 0 Å². The molecule has 31 heavy (non-hydrogen) atoms. The number of ether oxygens (including phenoxy) is 1. The molecule has 0 amide bonds. The zero-order chi connectivity index (χ0) is 21.3. The maximum atomic E-state index is 6.05. The van der Waals surface area contributed by atoms with Gasteiger partial charge in [0, 0.05) is 11.1 Å². The average molecular weight is 404 g/mol. The van der Waals surface area contributed by atoms with Gasteiger partial charge in [0.15, 0.2) is 0 Å². The van der Waals surface area contributed by atoms with Crippen molar-refractivity contribution in [3.63, 3.8) is 0 Å². The minimum absolute atomic E-state index is 0.0627. The van der Waals surface area contributed by atoms with Crippen molar-refractivity contribution in [3.8, 4) is 11.5 Å². The predicted octanol–water partition coefficient (Wildman–Crippen LogP) is 7.63. The third-order valence-electron chi connectivity index (χ3n) is 4.99. The Morgan fingerprint density at radius 1 is 0.710 bits per heavy atom. The summed E-state index contributed by atoms with van der Waals surface area (Å²) < 4.78 is 6.05. The fraction of sp³-hybridized carbons (Fsp3) is 0.0690. The molecule has 2 heteroatoms. The number of hydrogen-bond acceptors (Lipinski definition) is 2. The second-order valence-electron chi connectivity index (χ2n) is 7.24. The lowest BCUT2D eigenvalue weighted by molar-refractivity contribution is 0.481. The van der Waals surface area contributed by atoms with E-state index in [0.717, 1.165) is 40.3 Å². The maximum absolute atomic E-state index is 6.05. The molecule has 4 aromatic carbocycles. The van der Waals surface area contributed by atoms with Gasteiger partial charge in [-0.2, -0.15) is 0 Å². The molecule has 4 aromatic rings. The van der Waals surface area contributed by atoms with Crippen LogP contribution in [0.3, 0.4) is 0 Å². The second-order valence-corrected chi connectivity index (χ2v) is 7.24. The van der Waals surface area contributed by atoms with E-state index in [1.807, 2.05) is 84.9 Å². The Balaban J connectivity index is 1.72. The van der Waals surface area contributed by atoms with Crippen molar-refractivity contribution >= 4 is 5.71 Å². The van der Waals surface area contributed by atoms with Gasteiger partial charge in [-0.1, -0.05) is 97.1 Å². The molecule has 0 aliphatic carbocycles. The first kappa shape index (κ1) is 20.4. The largest absolute Gasteiger partial charge is 0.457 e. The summed E-state index contributed by atoms with van der Waals surface area (Å²) in [6.07, 6.45) is 2.66. The van der Waals surface area contributed by atoms with Crippen molar-refractivity contribution in [2.24, 2.45) is 4.99 Å². The molecule has 0 aliphatic heterocycles. The van der Waals surface area contributed by atoms with Gasteiger partial charge < -0.3 is 4.74 Å². The summed E-state index contributed by atoms with van der Waals surface area (Å²) in [5, 5.41) is 0. The smallest absolute Gasteiger partial charge is 0.127 e. The summed E-state index contributed by atoms with van der Waals surface area (Å²) in [6.45, 7) is 3.97. The van der Waals surface area contributed by atoms with Crippen LogP contribution in [-0.2, 0) is 0 Å². The van der Waals surface area contributed by atoms with Crippen LogP contribution in [0.25, 0.3) is 0 Å². The molecular formula is C29H25NO. The Hall–Kier alpha value is -3.91. The van der Waals surface area contributed by atoms with E-state index in [-0.39, 0.29) is 6.04 Å². The second kappa shape index (κ2) is 10.2. The van der Waals surface area contributed by atoms with E-state index in [1.165, 1.54) is 0 Å². The van der Waals surface area contributed by atoms with E-state index in [1.54, 1.807) is 0 Å². The first-order valence-corrected chi connectivity index (χ1v) is 10.5. The summed E-state index contributed by atoms with van der Waals surface area (Å²) in [6, 6.07) is 38.6. The number of benzene rings is 4. The van der Waals surface area contributed by atoms with E-state index >= 15 is 0 Å². The van der Waals surface area contributed by atoms with Crippen LogP contribution in [0.5, 0.6) is 11.5 Å². The Labute approximate surface area is 184 Å². The van der Waals surface area contributed by atoms with Crippen LogP contribution in [-0.4, -0.2) is 5.71 Å². The minimum atomic E-state index is -0.0627. The molecule has 0 saturated carbocycles. The van der Waals surface area contributed by atoms with Gasteiger partial charge in [-0.25, -0.2) is 0 Å². The van der Waals surface area contributed by atoms with Gasteiger partial charge in [-0.3, -0.25) is 4.99 Å². The molecule has 0 fully saturated rings. The number of rotatable bonds is 8. The Morgan fingerprint density at radius 3 is 1.84 bits per heavy atom. The fourth-order valence-corrected chi connectivity index (χ4v) is 3.49. The molecule has 0 N–H and O–H groups in total. The van der Waals surface area contributed by atoms with Crippen molar-refractivity contribution in [2.45, 2.75) is 12.5 Å². The Morgan fingerprint density at radius 2 is 1.26 bits per heavy atom. The molecule has 2 nitrogen and oxygen atoms in total. The van der Waals surface area contributed by atoms with E-state index in [4.69, 9.17) is 9.73 Å². The average Bonchev–Trinajstić information content (AvgIpc) is 2.84. The summed E-state index contributed by atoms with van der Waals surface area (Å²) in [7, 11) is 0. The van der Waals surface area contributed by atoms with Gasteiger partial charge in [-0.15, -0.1) is 6.58 Å². The van der Waals surface area contributed by atoms with E-state index in [9.17, 15) is 0 Å². The Kier molecular flexibility index (Phi) is 6.71. The molecular weight excluding hydrogens is 378 g/mol. The number of nitrogens with zero attached hydrogens (tertiary/aromatic N) is 1. The van der Waals surface area contributed by atoms with Crippen LogP contribution in [0.15, 0.2) is 133 Å². The number of hydrogen-bond donors (Lipinski definition) is 0. The molecule has 0 saturated heterocycles. The molecule has 1 unspecified atom stereocenters. The lowest BCUT2D eigenvalue weighted by atomic mass is 9.99. The van der Waals surface area contributed by atoms with Gasteiger partial charge in [0.2, 0.25) is 0 Å². The number of aliphatic imine (C=N–C) groups is 1. The van der Waals surface area contributed by atoms with Gasteiger partial charge >= 0.3 is 0 Å². The molecule has 0 aliphatic rings. The first-order chi connectivity index (χ1) is 15.3. The van der Waals surface area contributed by atoms with Crippen molar-refractivity contribution in [1.82, 2.24) is 0 Å². The molecule has 0 radical (unpaired) electrons. The highest BCUT2D eigenvalue weighted by molar-refractivity contribution is 6.13. The normalized spacial score (nSPS) is 11.4. The zero-order valence-electron chi connectivity index (χ0n) is 17.4. The topological polar surface area (TPSA) is 21.6 Å². The molecule has 1 atom stereocenters. The fourth-order valence-electron chi connectivity index (χ4n) is 3.49. The maximum Gasteiger partial charge on any atom is 0.127 e. The monoisotopic (exact) mass is 403 g/mol. The first-order valence-electron chi connectivity index (χ1n) is 10.5. The van der Waals surface area contributed by atoms with Crippen LogP contribution in [0.1, 0.15) is 29.2 Å². The summed E-state index contributed by atoms with van der Waals surface area (Å²) in [5.74, 6) is 1.62. The minimum Gasteiger partial charge on any atom is -0.457 e. The third-order valence-corrected chi connectivity index (χ3v) is 4.99. The van der Waals surface area contributed by atoms with Gasteiger partial charge in [0.25, 0.3) is 0 Å². The highest BCUT2D eigenvalue weighted by Gasteiger charge is 2.14. The van der Waals surface area contributed by atoms with Crippen molar-refractivity contribution in [2.75, 3.05) is 0 Å². The van der Waals surface area contributed by atoms with Gasteiger partial charge in [0.1, 0.15) is 11.5 Å². The molecule has 152 valence electrons. The molecule has 0 spiro atoms. The lowest BCUT2D eigenvalue weighted by Crippen LogP contribution is -2.07. The van der Waals surface area contributed by atoms with Gasteiger partial charge in [0.05, 0.1) is 11.8 Å². The molecule has 0 bridgehead atoms. The summed E-state index contributed by atoms with van der Waals surface area (Å²) in [5.41, 5.74) is 4.26. The molecule has 0 aromatic heterocycles. The van der Waals surface area contributed by atoms with Crippen LogP contribution in [0.4, 0.5) is 0 Å². The van der Waals surface area contributed by atoms with Crippen molar-refractivity contribution in [3.05, 3.63) is 145 Å². The number of para-hydroxylation sites is 1. The summed E-state index contributed by atoms with van der Waals surface area (Å²) >= 11 is 0. The SMILES string of the molecule is C=CCC(N=C(c1ccccc1)c1ccccc1)c1cccc(Oc2ccccc2)c1. The van der Waals surface area contributed by atoms with Gasteiger partial charge in [-0.05, 0) is 36.2 Å². The van der Waals surface area contributed by atoms with Crippen molar-refractivity contribution < 1.29 is 4.74 Å². The van der Waals surface area contributed by atoms with E-state index in [0.29, 0.717) is 0 Å². The van der Waals surface area contributed by atoms with Crippen LogP contribution in [0, 0.1) is 0 Å². The quantitative estimate of drug-likeness (QED) is 0.219.